The van der Waals surface area contributed by atoms with Gasteiger partial charge in [0.05, 0.1) is 6.61 Å². The largest absolute Gasteiger partial charge is 0.481 e. The molecule has 0 saturated carbocycles. The van der Waals surface area contributed by atoms with E-state index in [9.17, 15) is 14.7 Å². The molecule has 1 amide bonds. The van der Waals surface area contributed by atoms with E-state index in [0.717, 1.165) is 11.1 Å². The lowest BCUT2D eigenvalue weighted by molar-refractivity contribution is -0.136. The standard InChI is InChI=1S/C33H43NO4Si/c1-25-18-19-26(20-21-30(35)36)29(24-25)31(37)34(32(2,3)4)22-23-38-39(33(5,6)7,27-14-10-8-11-15-27)28-16-12-9-13-17-28/h8-19,24H,20-23H2,1-7H3,(H,35,36). The molecule has 3 aromatic rings. The molecule has 0 unspecified atom stereocenters. The number of aryl methyl sites for hydroxylation is 2. The number of carboxylic acid groups (broad SMARTS) is 1. The van der Waals surface area contributed by atoms with Gasteiger partial charge in [0.25, 0.3) is 14.2 Å². The van der Waals surface area contributed by atoms with Gasteiger partial charge in [-0.2, -0.15) is 0 Å². The average molecular weight is 546 g/mol. The molecule has 0 aliphatic carbocycles. The number of carbonyl (C=O) groups is 2. The van der Waals surface area contributed by atoms with Crippen molar-refractivity contribution in [1.29, 1.82) is 0 Å². The summed E-state index contributed by atoms with van der Waals surface area (Å²) in [6, 6.07) is 26.7. The van der Waals surface area contributed by atoms with E-state index >= 15 is 0 Å². The highest BCUT2D eigenvalue weighted by Gasteiger charge is 2.50. The number of hydrogen-bond acceptors (Lipinski definition) is 3. The average Bonchev–Trinajstić information content (AvgIpc) is 2.87. The van der Waals surface area contributed by atoms with Crippen molar-refractivity contribution in [3.63, 3.8) is 0 Å². The molecule has 0 aromatic heterocycles. The van der Waals surface area contributed by atoms with Crippen molar-refractivity contribution in [2.75, 3.05) is 13.2 Å². The minimum Gasteiger partial charge on any atom is -0.481 e. The number of hydrogen-bond donors (Lipinski definition) is 1. The Morgan fingerprint density at radius 1 is 0.846 bits per heavy atom. The minimum atomic E-state index is -2.74. The molecule has 0 fully saturated rings. The first-order chi connectivity index (χ1) is 18.3. The maximum atomic E-state index is 14.0. The van der Waals surface area contributed by atoms with E-state index in [1.54, 1.807) is 0 Å². The van der Waals surface area contributed by atoms with Gasteiger partial charge >= 0.3 is 5.97 Å². The SMILES string of the molecule is Cc1ccc(CCC(=O)O)c(C(=O)N(CCO[Si](c2ccccc2)(c2ccccc2)C(C)(C)C)C(C)(C)C)c1. The normalized spacial score (nSPS) is 12.3. The van der Waals surface area contributed by atoms with Gasteiger partial charge in [0, 0.05) is 24.1 Å². The van der Waals surface area contributed by atoms with Crippen LogP contribution in [-0.2, 0) is 15.6 Å². The highest BCUT2D eigenvalue weighted by molar-refractivity contribution is 6.99. The Hall–Kier alpha value is -3.22. The Morgan fingerprint density at radius 3 is 1.85 bits per heavy atom. The number of amides is 1. The van der Waals surface area contributed by atoms with E-state index < -0.39 is 19.8 Å². The zero-order valence-corrected chi connectivity index (χ0v) is 25.5. The number of carbonyl (C=O) groups excluding carboxylic acids is 1. The van der Waals surface area contributed by atoms with Gasteiger partial charge in [-0.15, -0.1) is 0 Å². The smallest absolute Gasteiger partial charge is 0.303 e. The van der Waals surface area contributed by atoms with E-state index in [1.807, 2.05) is 62.9 Å². The van der Waals surface area contributed by atoms with Crippen LogP contribution in [0.3, 0.4) is 0 Å². The van der Waals surface area contributed by atoms with Crippen molar-refractivity contribution in [3.8, 4) is 0 Å². The van der Waals surface area contributed by atoms with E-state index in [4.69, 9.17) is 4.43 Å². The summed E-state index contributed by atoms with van der Waals surface area (Å²) in [5, 5.41) is 11.5. The van der Waals surface area contributed by atoms with Crippen LogP contribution in [0.1, 0.15) is 69.4 Å². The predicted octanol–water partition coefficient (Wildman–Crippen LogP) is 5.83. The second-order valence-electron chi connectivity index (χ2n) is 12.2. The molecule has 0 bridgehead atoms. The van der Waals surface area contributed by atoms with Crippen LogP contribution < -0.4 is 10.4 Å². The highest BCUT2D eigenvalue weighted by Crippen LogP contribution is 2.37. The zero-order valence-electron chi connectivity index (χ0n) is 24.5. The molecule has 1 N–H and O–H groups in total. The summed E-state index contributed by atoms with van der Waals surface area (Å²) in [7, 11) is -2.74. The van der Waals surface area contributed by atoms with Crippen molar-refractivity contribution in [1.82, 2.24) is 4.90 Å². The molecule has 0 aliphatic rings. The highest BCUT2D eigenvalue weighted by atomic mass is 28.4. The molecule has 0 radical (unpaired) electrons. The molecule has 0 heterocycles. The van der Waals surface area contributed by atoms with Crippen LogP contribution in [0.25, 0.3) is 0 Å². The number of nitrogens with zero attached hydrogens (tertiary/aromatic N) is 1. The first-order valence-corrected chi connectivity index (χ1v) is 15.6. The quantitative estimate of drug-likeness (QED) is 0.326. The lowest BCUT2D eigenvalue weighted by atomic mass is 9.97. The summed E-state index contributed by atoms with van der Waals surface area (Å²) in [5.41, 5.74) is 1.83. The molecular formula is C33H43NO4Si. The van der Waals surface area contributed by atoms with Crippen LogP contribution in [0.4, 0.5) is 0 Å². The minimum absolute atomic E-state index is 0.0180. The van der Waals surface area contributed by atoms with Crippen LogP contribution >= 0.6 is 0 Å². The number of aliphatic carboxylic acids is 1. The zero-order chi connectivity index (χ0) is 28.8. The second kappa shape index (κ2) is 12.3. The molecule has 6 heteroatoms. The summed E-state index contributed by atoms with van der Waals surface area (Å²) in [6.07, 6.45) is 0.295. The van der Waals surface area contributed by atoms with Crippen LogP contribution in [0.5, 0.6) is 0 Å². The maximum Gasteiger partial charge on any atom is 0.303 e. The summed E-state index contributed by atoms with van der Waals surface area (Å²) >= 11 is 0. The topological polar surface area (TPSA) is 66.8 Å². The molecule has 0 saturated heterocycles. The van der Waals surface area contributed by atoms with Crippen molar-refractivity contribution in [3.05, 3.63) is 95.6 Å². The molecule has 0 atom stereocenters. The Morgan fingerprint density at radius 2 is 1.38 bits per heavy atom. The molecule has 3 aromatic carbocycles. The van der Waals surface area contributed by atoms with Crippen molar-refractivity contribution < 1.29 is 19.1 Å². The number of rotatable bonds is 10. The van der Waals surface area contributed by atoms with Crippen LogP contribution in [0.2, 0.25) is 5.04 Å². The Balaban J connectivity index is 1.98. The second-order valence-corrected chi connectivity index (χ2v) is 16.5. The summed E-state index contributed by atoms with van der Waals surface area (Å²) in [6.45, 7) is 15.6. The fourth-order valence-corrected chi connectivity index (χ4v) is 9.84. The summed E-state index contributed by atoms with van der Waals surface area (Å²) < 4.78 is 7.08. The molecule has 0 spiro atoms. The predicted molar refractivity (Wildman–Crippen MR) is 161 cm³/mol. The Labute approximate surface area is 235 Å². The van der Waals surface area contributed by atoms with Gasteiger partial charge in [0.15, 0.2) is 0 Å². The molecule has 5 nitrogen and oxygen atoms in total. The van der Waals surface area contributed by atoms with E-state index in [2.05, 4.69) is 69.3 Å². The third-order valence-electron chi connectivity index (χ3n) is 7.21. The van der Waals surface area contributed by atoms with Gasteiger partial charge < -0.3 is 14.4 Å². The van der Waals surface area contributed by atoms with Crippen LogP contribution in [0, 0.1) is 6.92 Å². The fraction of sp³-hybridized carbons (Fsp3) is 0.394. The first kappa shape index (κ1) is 30.3. The lowest BCUT2D eigenvalue weighted by Gasteiger charge is -2.44. The third-order valence-corrected chi connectivity index (χ3v) is 12.3. The Bertz CT molecular complexity index is 1220. The fourth-order valence-electron chi connectivity index (χ4n) is 5.29. The number of carboxylic acids is 1. The monoisotopic (exact) mass is 545 g/mol. The molecule has 3 rings (SSSR count). The third kappa shape index (κ3) is 7.05. The lowest BCUT2D eigenvalue weighted by Crippen LogP contribution is -2.67. The van der Waals surface area contributed by atoms with Crippen molar-refractivity contribution >= 4 is 30.6 Å². The van der Waals surface area contributed by atoms with Gasteiger partial charge in [-0.1, -0.05) is 99.1 Å². The van der Waals surface area contributed by atoms with E-state index in [0.29, 0.717) is 25.1 Å². The van der Waals surface area contributed by atoms with Crippen LogP contribution in [0.15, 0.2) is 78.9 Å². The van der Waals surface area contributed by atoms with Gasteiger partial charge in [-0.3, -0.25) is 9.59 Å². The van der Waals surface area contributed by atoms with Gasteiger partial charge in [0.1, 0.15) is 0 Å². The summed E-state index contributed by atoms with van der Waals surface area (Å²) in [4.78, 5) is 27.2. The van der Waals surface area contributed by atoms with Gasteiger partial charge in [0.2, 0.25) is 0 Å². The first-order valence-electron chi connectivity index (χ1n) is 13.7. The van der Waals surface area contributed by atoms with E-state index in [-0.39, 0.29) is 17.4 Å². The van der Waals surface area contributed by atoms with Crippen molar-refractivity contribution in [2.45, 2.75) is 71.9 Å². The van der Waals surface area contributed by atoms with Gasteiger partial charge in [-0.05, 0) is 61.2 Å². The van der Waals surface area contributed by atoms with Crippen molar-refractivity contribution in [2.24, 2.45) is 0 Å². The number of benzene rings is 3. The molecular weight excluding hydrogens is 502 g/mol. The molecule has 0 aliphatic heterocycles. The van der Waals surface area contributed by atoms with Crippen LogP contribution in [-0.4, -0.2) is 48.9 Å². The van der Waals surface area contributed by atoms with E-state index in [1.165, 1.54) is 10.4 Å². The Kier molecular flexibility index (Phi) is 9.57. The molecule has 208 valence electrons. The van der Waals surface area contributed by atoms with Gasteiger partial charge in [-0.25, -0.2) is 0 Å². The summed E-state index contributed by atoms with van der Waals surface area (Å²) in [5.74, 6) is -0.974. The molecule has 39 heavy (non-hydrogen) atoms. The maximum absolute atomic E-state index is 14.0.